The van der Waals surface area contributed by atoms with Crippen LogP contribution in [0.5, 0.6) is 5.75 Å². The summed E-state index contributed by atoms with van der Waals surface area (Å²) in [5.74, 6) is 0.920. The molecule has 2 aromatic carbocycles. The van der Waals surface area contributed by atoms with Crippen LogP contribution in [0.25, 0.3) is 0 Å². The average molecular weight is 640 g/mol. The van der Waals surface area contributed by atoms with Crippen LogP contribution in [-0.2, 0) is 9.53 Å². The lowest BCUT2D eigenvalue weighted by Crippen LogP contribution is -2.53. The predicted molar refractivity (Wildman–Crippen MR) is 186 cm³/mol. The summed E-state index contributed by atoms with van der Waals surface area (Å²) in [7, 11) is 1.76. The Morgan fingerprint density at radius 3 is 2.53 bits per heavy atom. The van der Waals surface area contributed by atoms with Crippen LogP contribution in [0.15, 0.2) is 61.3 Å². The fourth-order valence-electron chi connectivity index (χ4n) is 5.98. The summed E-state index contributed by atoms with van der Waals surface area (Å²) in [6.45, 7) is 15.5. The molecule has 3 N–H and O–H groups in total. The number of para-hydroxylation sites is 2. The Hall–Kier alpha value is -4.70. The molecule has 3 heterocycles. The Morgan fingerprint density at radius 1 is 1.06 bits per heavy atom. The topological polar surface area (TPSA) is 131 Å². The molecule has 0 aliphatic carbocycles. The Balaban J connectivity index is 1.29. The first-order valence-corrected chi connectivity index (χ1v) is 16.2. The summed E-state index contributed by atoms with van der Waals surface area (Å²) in [5, 5.41) is 19.2. The van der Waals surface area contributed by atoms with Crippen molar-refractivity contribution in [1.82, 2.24) is 19.8 Å². The number of hydrogen-bond donors (Lipinski definition) is 3. The van der Waals surface area contributed by atoms with Gasteiger partial charge in [-0.2, -0.15) is 10.2 Å². The van der Waals surface area contributed by atoms with Crippen molar-refractivity contribution in [3.05, 3.63) is 66.9 Å². The number of carbonyl (C=O) groups excluding carboxylic acids is 1. The number of carbonyl (C=O) groups is 1. The molecule has 248 valence electrons. The summed E-state index contributed by atoms with van der Waals surface area (Å²) in [5.41, 5.74) is 3.19. The number of nitriles is 1. The molecule has 3 aromatic rings. The quantitative estimate of drug-likeness (QED) is 0.219. The molecular formula is C35H45N9O3. The molecule has 2 aliphatic heterocycles. The second-order valence-corrected chi connectivity index (χ2v) is 12.0. The molecule has 2 aliphatic rings. The fourth-order valence-corrected chi connectivity index (χ4v) is 5.98. The van der Waals surface area contributed by atoms with Crippen molar-refractivity contribution in [3.8, 4) is 11.8 Å². The molecule has 0 atom stereocenters. The molecule has 0 radical (unpaired) electrons. The number of piperidine rings is 1. The minimum absolute atomic E-state index is 0.0259. The van der Waals surface area contributed by atoms with Gasteiger partial charge in [0.2, 0.25) is 11.9 Å². The molecule has 0 bridgehead atoms. The summed E-state index contributed by atoms with van der Waals surface area (Å²) >= 11 is 0. The van der Waals surface area contributed by atoms with Gasteiger partial charge in [0, 0.05) is 64.7 Å². The Labute approximate surface area is 277 Å². The molecule has 47 heavy (non-hydrogen) atoms. The van der Waals surface area contributed by atoms with Gasteiger partial charge in [0.15, 0.2) is 5.82 Å². The van der Waals surface area contributed by atoms with Gasteiger partial charge in [-0.1, -0.05) is 18.7 Å². The van der Waals surface area contributed by atoms with E-state index in [1.165, 1.54) is 12.3 Å². The van der Waals surface area contributed by atoms with Crippen LogP contribution in [-0.4, -0.2) is 97.4 Å². The first-order chi connectivity index (χ1) is 22.9. The number of nitrogens with one attached hydrogen (secondary N) is 3. The Kier molecular flexibility index (Phi) is 11.6. The number of benzene rings is 2. The summed E-state index contributed by atoms with van der Waals surface area (Å²) < 4.78 is 11.2. The minimum Gasteiger partial charge on any atom is -0.489 e. The molecule has 0 spiro atoms. The maximum Gasteiger partial charge on any atom is 0.247 e. The summed E-state index contributed by atoms with van der Waals surface area (Å²) in [6.07, 6.45) is 4.86. The van der Waals surface area contributed by atoms with E-state index in [1.807, 2.05) is 56.3 Å². The third-order valence-electron chi connectivity index (χ3n) is 8.47. The number of ether oxygens (including phenoxy) is 2. The van der Waals surface area contributed by atoms with Crippen molar-refractivity contribution in [1.29, 1.82) is 5.26 Å². The second-order valence-electron chi connectivity index (χ2n) is 12.0. The maximum absolute atomic E-state index is 12.4. The van der Waals surface area contributed by atoms with Gasteiger partial charge in [0.25, 0.3) is 0 Å². The number of rotatable bonds is 13. The van der Waals surface area contributed by atoms with E-state index in [0.29, 0.717) is 34.7 Å². The molecule has 1 amide bonds. The van der Waals surface area contributed by atoms with Gasteiger partial charge in [-0.05, 0) is 63.1 Å². The lowest BCUT2D eigenvalue weighted by Gasteiger charge is -2.43. The van der Waals surface area contributed by atoms with Crippen LogP contribution in [0.1, 0.15) is 32.3 Å². The molecule has 2 saturated heterocycles. The van der Waals surface area contributed by atoms with Crippen molar-refractivity contribution >= 4 is 40.4 Å². The van der Waals surface area contributed by atoms with Crippen molar-refractivity contribution in [2.75, 3.05) is 80.4 Å². The van der Waals surface area contributed by atoms with E-state index in [0.717, 1.165) is 70.9 Å². The fraction of sp³-hybridized carbons (Fsp3) is 0.429. The predicted octanol–water partition coefficient (Wildman–Crippen LogP) is 4.98. The van der Waals surface area contributed by atoms with Crippen LogP contribution in [0.4, 0.5) is 34.5 Å². The third-order valence-corrected chi connectivity index (χ3v) is 8.47. The van der Waals surface area contributed by atoms with E-state index in [-0.39, 0.29) is 23.5 Å². The number of nitrogens with zero attached hydrogens (tertiary/aromatic N) is 6. The standard InChI is InChI=1S/C35H45N9O3/c1-5-33(45)38-31-22-28(43-14-12-27(13-15-43)44-18-16-42(17-19-44)20-21-46-4)10-11-29(31)40-35-37-24-26(23-36)34(41-35)39-30-8-6-7-9-32(30)47-25(2)3/h5-11,22,24-25,27H,1,12-21H2,2-4H3,(H,38,45)(H2,37,39,40,41). The highest BCUT2D eigenvalue weighted by Crippen LogP contribution is 2.33. The van der Waals surface area contributed by atoms with E-state index >= 15 is 0 Å². The molecule has 0 unspecified atom stereocenters. The van der Waals surface area contributed by atoms with Crippen molar-refractivity contribution in [3.63, 3.8) is 0 Å². The SMILES string of the molecule is C=CC(=O)Nc1cc(N2CCC(N3CCN(CCOC)CC3)CC2)ccc1Nc1ncc(C#N)c(Nc2ccccc2OC(C)C)n1. The van der Waals surface area contributed by atoms with E-state index < -0.39 is 0 Å². The van der Waals surface area contributed by atoms with Crippen molar-refractivity contribution in [2.45, 2.75) is 38.8 Å². The van der Waals surface area contributed by atoms with Gasteiger partial charge < -0.3 is 30.3 Å². The van der Waals surface area contributed by atoms with E-state index in [4.69, 9.17) is 9.47 Å². The van der Waals surface area contributed by atoms with Gasteiger partial charge in [-0.3, -0.25) is 14.6 Å². The maximum atomic E-state index is 12.4. The van der Waals surface area contributed by atoms with Gasteiger partial charge in [-0.25, -0.2) is 4.98 Å². The van der Waals surface area contributed by atoms with Crippen LogP contribution in [0.3, 0.4) is 0 Å². The molecule has 12 heteroatoms. The lowest BCUT2D eigenvalue weighted by molar-refractivity contribution is -0.111. The highest BCUT2D eigenvalue weighted by atomic mass is 16.5. The highest BCUT2D eigenvalue weighted by Gasteiger charge is 2.28. The lowest BCUT2D eigenvalue weighted by atomic mass is 10.0. The molecular weight excluding hydrogens is 594 g/mol. The summed E-state index contributed by atoms with van der Waals surface area (Å²) in [6, 6.07) is 16.2. The van der Waals surface area contributed by atoms with E-state index in [2.05, 4.69) is 53.3 Å². The van der Waals surface area contributed by atoms with Gasteiger partial charge in [0.05, 0.1) is 36.0 Å². The van der Waals surface area contributed by atoms with Gasteiger partial charge in [0.1, 0.15) is 17.4 Å². The normalized spacial score (nSPS) is 16.0. The van der Waals surface area contributed by atoms with E-state index in [1.54, 1.807) is 7.11 Å². The van der Waals surface area contributed by atoms with Crippen LogP contribution >= 0.6 is 0 Å². The number of hydrogen-bond acceptors (Lipinski definition) is 11. The molecule has 0 saturated carbocycles. The Bertz CT molecular complexity index is 1560. The van der Waals surface area contributed by atoms with Crippen molar-refractivity contribution in [2.24, 2.45) is 0 Å². The van der Waals surface area contributed by atoms with E-state index in [9.17, 15) is 10.1 Å². The molecule has 12 nitrogen and oxygen atoms in total. The van der Waals surface area contributed by atoms with Gasteiger partial charge >= 0.3 is 0 Å². The molecule has 2 fully saturated rings. The first kappa shape index (κ1) is 33.7. The third kappa shape index (κ3) is 8.98. The number of amides is 1. The largest absolute Gasteiger partial charge is 0.489 e. The molecule has 5 rings (SSSR count). The first-order valence-electron chi connectivity index (χ1n) is 16.2. The minimum atomic E-state index is -0.321. The smallest absolute Gasteiger partial charge is 0.247 e. The monoisotopic (exact) mass is 639 g/mol. The van der Waals surface area contributed by atoms with Crippen LogP contribution < -0.4 is 25.6 Å². The zero-order valence-corrected chi connectivity index (χ0v) is 27.5. The second kappa shape index (κ2) is 16.2. The average Bonchev–Trinajstić information content (AvgIpc) is 3.09. The summed E-state index contributed by atoms with van der Waals surface area (Å²) in [4.78, 5) is 28.9. The Morgan fingerprint density at radius 2 is 1.83 bits per heavy atom. The zero-order chi connectivity index (χ0) is 33.2. The number of piperazine rings is 1. The van der Waals surface area contributed by atoms with Crippen LogP contribution in [0.2, 0.25) is 0 Å². The van der Waals surface area contributed by atoms with Gasteiger partial charge in [-0.15, -0.1) is 0 Å². The highest BCUT2D eigenvalue weighted by molar-refractivity contribution is 6.02. The zero-order valence-electron chi connectivity index (χ0n) is 27.5. The van der Waals surface area contributed by atoms with Crippen molar-refractivity contribution < 1.29 is 14.3 Å². The number of anilines is 6. The molecule has 1 aromatic heterocycles. The number of methoxy groups -OCH3 is 1. The number of aromatic nitrogens is 2. The van der Waals surface area contributed by atoms with Crippen LogP contribution in [0, 0.1) is 11.3 Å².